The predicted molar refractivity (Wildman–Crippen MR) is 136 cm³/mol. The van der Waals surface area contributed by atoms with Gasteiger partial charge in [0.05, 0.1) is 16.6 Å². The molecule has 1 aromatic rings. The highest BCUT2D eigenvalue weighted by molar-refractivity contribution is 6.09. The molecule has 4 saturated heterocycles. The summed E-state index contributed by atoms with van der Waals surface area (Å²) in [5, 5.41) is 3.24. The monoisotopic (exact) mass is 491 g/mol. The van der Waals surface area contributed by atoms with Crippen molar-refractivity contribution in [3.63, 3.8) is 0 Å². The molecule has 36 heavy (non-hydrogen) atoms. The molecule has 7 nitrogen and oxygen atoms in total. The van der Waals surface area contributed by atoms with Gasteiger partial charge in [-0.1, -0.05) is 26.5 Å². The Bertz CT molecular complexity index is 1250. The third-order valence-electron chi connectivity index (χ3n) is 11.3. The number of anilines is 1. The minimum Gasteiger partial charge on any atom is -0.483 e. The van der Waals surface area contributed by atoms with Crippen LogP contribution in [0.3, 0.4) is 0 Å². The zero-order valence-electron chi connectivity index (χ0n) is 22.1. The minimum atomic E-state index is -0.751. The smallest absolute Gasteiger partial charge is 0.243 e. The molecule has 7 heteroatoms. The number of benzene rings is 1. The highest BCUT2D eigenvalue weighted by Gasteiger charge is 2.79. The second kappa shape index (κ2) is 6.47. The molecule has 1 saturated carbocycles. The van der Waals surface area contributed by atoms with Crippen LogP contribution in [0.1, 0.15) is 65.4 Å². The minimum absolute atomic E-state index is 0.0189. The number of piperidine rings is 3. The van der Waals surface area contributed by atoms with Gasteiger partial charge in [0.2, 0.25) is 11.8 Å². The van der Waals surface area contributed by atoms with Crippen molar-refractivity contribution in [3.8, 4) is 11.5 Å². The summed E-state index contributed by atoms with van der Waals surface area (Å²) in [4.78, 5) is 32.6. The number of amides is 2. The summed E-state index contributed by atoms with van der Waals surface area (Å²) in [6.07, 6.45) is 4.63. The average Bonchev–Trinajstić information content (AvgIpc) is 3.18. The van der Waals surface area contributed by atoms with Crippen molar-refractivity contribution in [2.45, 2.75) is 81.9 Å². The summed E-state index contributed by atoms with van der Waals surface area (Å²) in [6, 6.07) is 4.02. The Kier molecular flexibility index (Phi) is 4.07. The van der Waals surface area contributed by atoms with E-state index in [0.717, 1.165) is 55.6 Å². The van der Waals surface area contributed by atoms with E-state index >= 15 is 0 Å². The van der Waals surface area contributed by atoms with Gasteiger partial charge < -0.3 is 19.7 Å². The largest absolute Gasteiger partial charge is 0.483 e. The van der Waals surface area contributed by atoms with Crippen LogP contribution in [0.15, 0.2) is 24.3 Å². The van der Waals surface area contributed by atoms with Gasteiger partial charge >= 0.3 is 0 Å². The van der Waals surface area contributed by atoms with Gasteiger partial charge in [0.1, 0.15) is 17.7 Å². The highest BCUT2D eigenvalue weighted by Crippen LogP contribution is 2.72. The number of fused-ring (bicyclic) bond motifs is 5. The summed E-state index contributed by atoms with van der Waals surface area (Å²) in [7, 11) is 1.99. The van der Waals surface area contributed by atoms with E-state index in [1.165, 1.54) is 0 Å². The van der Waals surface area contributed by atoms with Gasteiger partial charge in [-0.15, -0.1) is 0 Å². The van der Waals surface area contributed by atoms with Crippen molar-refractivity contribution < 1.29 is 19.1 Å². The third kappa shape index (κ3) is 2.27. The number of ether oxygens (including phenoxy) is 2. The van der Waals surface area contributed by atoms with Crippen LogP contribution in [0.2, 0.25) is 0 Å². The number of nitrogens with one attached hydrogen (secondary N) is 1. The summed E-state index contributed by atoms with van der Waals surface area (Å²) in [6.45, 7) is 14.8. The number of nitrogens with zero attached hydrogens (tertiary/aromatic N) is 2. The second-order valence-electron chi connectivity index (χ2n) is 13.2. The second-order valence-corrected chi connectivity index (χ2v) is 13.2. The molecule has 3 spiro atoms. The molecule has 7 aliphatic rings. The normalized spacial score (nSPS) is 39.5. The van der Waals surface area contributed by atoms with E-state index in [1.54, 1.807) is 0 Å². The quantitative estimate of drug-likeness (QED) is 0.558. The molecule has 2 amide bonds. The zero-order valence-corrected chi connectivity index (χ0v) is 22.1. The maximum atomic E-state index is 14.2. The number of likely N-dealkylation sites (N-methyl/N-ethyl adjacent to an activating group) is 1. The van der Waals surface area contributed by atoms with Gasteiger partial charge in [0, 0.05) is 19.2 Å². The van der Waals surface area contributed by atoms with Crippen molar-refractivity contribution in [2.24, 2.45) is 11.3 Å². The average molecular weight is 492 g/mol. The van der Waals surface area contributed by atoms with Crippen LogP contribution >= 0.6 is 0 Å². The zero-order chi connectivity index (χ0) is 25.5. The summed E-state index contributed by atoms with van der Waals surface area (Å²) >= 11 is 0. The van der Waals surface area contributed by atoms with Crippen LogP contribution in [0, 0.1) is 11.3 Å². The van der Waals surface area contributed by atoms with Crippen molar-refractivity contribution in [2.75, 3.05) is 32.1 Å². The number of hydrogen-bond acceptors (Lipinski definition) is 5. The Hall–Kier alpha value is -2.54. The molecule has 5 fully saturated rings. The number of carbonyl (C=O) groups excluding carboxylic acids is 2. The van der Waals surface area contributed by atoms with E-state index in [-0.39, 0.29) is 28.7 Å². The number of piperazine rings is 1. The number of rotatable bonds is 0. The summed E-state index contributed by atoms with van der Waals surface area (Å²) < 4.78 is 12.6. The van der Waals surface area contributed by atoms with Crippen molar-refractivity contribution >= 4 is 17.5 Å². The molecular formula is C29H37N3O4. The lowest BCUT2D eigenvalue weighted by molar-refractivity contribution is -0.196. The topological polar surface area (TPSA) is 71.1 Å². The molecular weight excluding hydrogens is 454 g/mol. The molecule has 4 atom stereocenters. The fraction of sp³-hybridized carbons (Fsp3) is 0.655. The van der Waals surface area contributed by atoms with Crippen LogP contribution in [0.4, 0.5) is 5.69 Å². The first-order valence-corrected chi connectivity index (χ1v) is 13.4. The Balaban J connectivity index is 1.40. The van der Waals surface area contributed by atoms with Gasteiger partial charge in [-0.2, -0.15) is 0 Å². The van der Waals surface area contributed by atoms with E-state index in [2.05, 4.69) is 41.6 Å². The SMILES string of the molecule is C=C1COc2c(ccc3c2NC(=O)[C@@]32C[C@@]34CN5CCCC[C@]5(C[C@@H]3C2(C)C)C(=O)N4C)OC1(C)C. The summed E-state index contributed by atoms with van der Waals surface area (Å²) in [5.41, 5.74) is 0.127. The van der Waals surface area contributed by atoms with Crippen LogP contribution < -0.4 is 14.8 Å². The maximum absolute atomic E-state index is 14.2. The van der Waals surface area contributed by atoms with Crippen LogP contribution in [-0.4, -0.2) is 65.0 Å². The van der Waals surface area contributed by atoms with E-state index in [0.29, 0.717) is 24.5 Å². The van der Waals surface area contributed by atoms with Crippen LogP contribution in [0.5, 0.6) is 11.5 Å². The van der Waals surface area contributed by atoms with Gasteiger partial charge in [-0.05, 0) is 75.5 Å². The van der Waals surface area contributed by atoms with Crippen molar-refractivity contribution in [1.82, 2.24) is 9.80 Å². The van der Waals surface area contributed by atoms with E-state index in [1.807, 2.05) is 27.0 Å². The number of carbonyl (C=O) groups is 2. The van der Waals surface area contributed by atoms with Crippen molar-refractivity contribution in [1.29, 1.82) is 0 Å². The van der Waals surface area contributed by atoms with E-state index in [4.69, 9.17) is 9.47 Å². The first-order valence-electron chi connectivity index (χ1n) is 13.4. The van der Waals surface area contributed by atoms with Crippen molar-refractivity contribution in [3.05, 3.63) is 29.8 Å². The number of hydrogen-bond donors (Lipinski definition) is 1. The van der Waals surface area contributed by atoms with Gasteiger partial charge in [0.15, 0.2) is 11.5 Å². The van der Waals surface area contributed by atoms with E-state index in [9.17, 15) is 9.59 Å². The Morgan fingerprint density at radius 3 is 2.69 bits per heavy atom. The molecule has 0 unspecified atom stereocenters. The highest BCUT2D eigenvalue weighted by atomic mass is 16.5. The molecule has 2 bridgehead atoms. The predicted octanol–water partition coefficient (Wildman–Crippen LogP) is 3.87. The Morgan fingerprint density at radius 1 is 1.14 bits per heavy atom. The van der Waals surface area contributed by atoms with Crippen LogP contribution in [0.25, 0.3) is 0 Å². The molecule has 0 aromatic heterocycles. The van der Waals surface area contributed by atoms with Crippen LogP contribution in [-0.2, 0) is 15.0 Å². The van der Waals surface area contributed by atoms with Gasteiger partial charge in [-0.25, -0.2) is 0 Å². The maximum Gasteiger partial charge on any atom is 0.243 e. The Labute approximate surface area is 213 Å². The fourth-order valence-electron chi connectivity index (χ4n) is 9.02. The molecule has 192 valence electrons. The molecule has 6 heterocycles. The van der Waals surface area contributed by atoms with E-state index < -0.39 is 16.6 Å². The molecule has 0 radical (unpaired) electrons. The first-order chi connectivity index (χ1) is 16.9. The molecule has 1 aromatic carbocycles. The fourth-order valence-corrected chi connectivity index (χ4v) is 9.02. The Morgan fingerprint density at radius 2 is 1.92 bits per heavy atom. The standard InChI is InChI=1S/C29H37N3O4/c1-17-14-35-22-19(36-26(17,4)5)10-9-18-21(22)30-23(33)29(18)15-28-16-32-12-8-7-11-27(32,24(34)31(28)6)13-20(28)25(29,2)3/h9-10,20H,1,7-8,11-16H2,2-6H3,(H,30,33)/t20-,27+,28-,29-/m1/s1. The molecule has 1 N–H and O–H groups in total. The molecule has 6 aliphatic heterocycles. The lowest BCUT2D eigenvalue weighted by Gasteiger charge is -2.67. The third-order valence-corrected chi connectivity index (χ3v) is 11.3. The molecule has 8 rings (SSSR count). The van der Waals surface area contributed by atoms with Gasteiger partial charge in [-0.3, -0.25) is 14.5 Å². The first kappa shape index (κ1) is 22.6. The lowest BCUT2D eigenvalue weighted by atomic mass is 9.56. The lowest BCUT2D eigenvalue weighted by Crippen LogP contribution is -2.80. The van der Waals surface area contributed by atoms with Gasteiger partial charge in [0.25, 0.3) is 0 Å². The molecule has 1 aliphatic carbocycles. The summed E-state index contributed by atoms with van der Waals surface area (Å²) in [5.74, 6) is 1.73.